The predicted octanol–water partition coefficient (Wildman–Crippen LogP) is 4.62. The molecular weight excluding hydrogens is 353 g/mol. The van der Waals surface area contributed by atoms with E-state index in [4.69, 9.17) is 9.97 Å². The highest BCUT2D eigenvalue weighted by molar-refractivity contribution is 5.65. The third kappa shape index (κ3) is 4.17. The molecule has 4 rings (SSSR count). The van der Waals surface area contributed by atoms with Crippen molar-refractivity contribution in [2.45, 2.75) is 31.7 Å². The summed E-state index contributed by atoms with van der Waals surface area (Å²) in [7, 11) is 2.15. The molecule has 2 unspecified atom stereocenters. The number of hydrogen-bond donors (Lipinski definition) is 1. The number of aromatic nitrogens is 3. The minimum absolute atomic E-state index is 0.269. The number of nitrogens with one attached hydrogen (secondary N) is 1. The monoisotopic (exact) mass is 377 g/mol. The summed E-state index contributed by atoms with van der Waals surface area (Å²) < 4.78 is 13.6. The lowest BCUT2D eigenvalue weighted by atomic mass is 9.93. The number of pyridine rings is 1. The molecule has 1 aliphatic heterocycles. The van der Waals surface area contributed by atoms with E-state index in [0.717, 1.165) is 36.5 Å². The van der Waals surface area contributed by atoms with E-state index in [9.17, 15) is 4.39 Å². The highest BCUT2D eigenvalue weighted by Gasteiger charge is 2.26. The van der Waals surface area contributed by atoms with Crippen LogP contribution in [0.25, 0.3) is 11.3 Å². The van der Waals surface area contributed by atoms with Gasteiger partial charge in [0.25, 0.3) is 0 Å². The number of likely N-dealkylation sites (tertiary alicyclic amines) is 1. The Morgan fingerprint density at radius 2 is 2.00 bits per heavy atom. The second-order valence-electron chi connectivity index (χ2n) is 7.44. The van der Waals surface area contributed by atoms with Crippen molar-refractivity contribution < 1.29 is 4.39 Å². The summed E-state index contributed by atoms with van der Waals surface area (Å²) in [6, 6.07) is 12.7. The molecule has 5 nitrogen and oxygen atoms in total. The van der Waals surface area contributed by atoms with Crippen molar-refractivity contribution in [3.63, 3.8) is 0 Å². The van der Waals surface area contributed by atoms with Crippen LogP contribution in [-0.2, 0) is 0 Å². The van der Waals surface area contributed by atoms with Gasteiger partial charge in [0.05, 0.1) is 5.69 Å². The first-order chi connectivity index (χ1) is 13.6. The normalized spacial score (nSPS) is 20.1. The van der Waals surface area contributed by atoms with E-state index in [2.05, 4.69) is 29.2 Å². The quantitative estimate of drug-likeness (QED) is 0.719. The molecule has 1 saturated heterocycles. The van der Waals surface area contributed by atoms with Gasteiger partial charge in [-0.3, -0.25) is 4.98 Å². The molecule has 3 heterocycles. The summed E-state index contributed by atoms with van der Waals surface area (Å²) in [6.07, 6.45) is 5.72. The van der Waals surface area contributed by atoms with E-state index in [1.165, 1.54) is 12.1 Å². The van der Waals surface area contributed by atoms with Crippen molar-refractivity contribution in [1.82, 2.24) is 19.9 Å². The van der Waals surface area contributed by atoms with Crippen molar-refractivity contribution in [3.05, 3.63) is 66.5 Å². The van der Waals surface area contributed by atoms with Crippen LogP contribution in [0, 0.1) is 5.82 Å². The molecule has 1 aliphatic rings. The van der Waals surface area contributed by atoms with Crippen molar-refractivity contribution >= 4 is 11.5 Å². The standard InChI is InChI=1S/C22H24FN5/c1-15-8-9-17(14-28(15)2)22-26-20(16-5-4-10-24-13-16)12-21(27-22)25-19-7-3-6-18(23)11-19/h3-7,10-13,15,17H,8-9,14H2,1-2H3,(H,25,26,27). The van der Waals surface area contributed by atoms with Gasteiger partial charge in [-0.1, -0.05) is 6.07 Å². The van der Waals surface area contributed by atoms with Gasteiger partial charge in [-0.15, -0.1) is 0 Å². The predicted molar refractivity (Wildman–Crippen MR) is 109 cm³/mol. The first-order valence-corrected chi connectivity index (χ1v) is 9.60. The average molecular weight is 377 g/mol. The van der Waals surface area contributed by atoms with Crippen LogP contribution in [0.15, 0.2) is 54.9 Å². The zero-order valence-corrected chi connectivity index (χ0v) is 16.1. The molecular formula is C22H24FN5. The van der Waals surface area contributed by atoms with Gasteiger partial charge in [0.2, 0.25) is 0 Å². The van der Waals surface area contributed by atoms with E-state index in [0.29, 0.717) is 17.5 Å². The number of piperidine rings is 1. The maximum Gasteiger partial charge on any atom is 0.135 e. The Morgan fingerprint density at radius 3 is 2.75 bits per heavy atom. The molecule has 6 heteroatoms. The Bertz CT molecular complexity index is 947. The Labute approximate surface area is 164 Å². The molecule has 0 aliphatic carbocycles. The van der Waals surface area contributed by atoms with Gasteiger partial charge in [-0.05, 0) is 57.1 Å². The Morgan fingerprint density at radius 1 is 1.11 bits per heavy atom. The molecule has 1 aromatic carbocycles. The minimum atomic E-state index is -0.283. The molecule has 2 atom stereocenters. The van der Waals surface area contributed by atoms with E-state index >= 15 is 0 Å². The van der Waals surface area contributed by atoms with Crippen LogP contribution in [0.1, 0.15) is 31.5 Å². The molecule has 3 aromatic rings. The minimum Gasteiger partial charge on any atom is -0.340 e. The first kappa shape index (κ1) is 18.5. The first-order valence-electron chi connectivity index (χ1n) is 9.60. The zero-order valence-electron chi connectivity index (χ0n) is 16.1. The molecule has 1 fully saturated rings. The van der Waals surface area contributed by atoms with Crippen LogP contribution in [0.2, 0.25) is 0 Å². The fourth-order valence-electron chi connectivity index (χ4n) is 3.58. The molecule has 144 valence electrons. The fourth-order valence-corrected chi connectivity index (χ4v) is 3.58. The van der Waals surface area contributed by atoms with Crippen LogP contribution >= 0.6 is 0 Å². The van der Waals surface area contributed by atoms with Crippen molar-refractivity contribution in [2.75, 3.05) is 18.9 Å². The second-order valence-corrected chi connectivity index (χ2v) is 7.44. The average Bonchev–Trinajstić information content (AvgIpc) is 2.70. The van der Waals surface area contributed by atoms with Gasteiger partial charge in [-0.25, -0.2) is 14.4 Å². The molecule has 0 saturated carbocycles. The summed E-state index contributed by atoms with van der Waals surface area (Å²) in [5.41, 5.74) is 2.42. The van der Waals surface area contributed by atoms with Gasteiger partial charge >= 0.3 is 0 Å². The van der Waals surface area contributed by atoms with Crippen molar-refractivity contribution in [1.29, 1.82) is 0 Å². The van der Waals surface area contributed by atoms with Crippen LogP contribution in [0.4, 0.5) is 15.9 Å². The smallest absolute Gasteiger partial charge is 0.135 e. The molecule has 28 heavy (non-hydrogen) atoms. The van der Waals surface area contributed by atoms with Gasteiger partial charge < -0.3 is 10.2 Å². The second kappa shape index (κ2) is 8.02. The number of rotatable bonds is 4. The van der Waals surface area contributed by atoms with Crippen molar-refractivity contribution in [2.24, 2.45) is 0 Å². The molecule has 0 amide bonds. The maximum absolute atomic E-state index is 13.6. The van der Waals surface area contributed by atoms with E-state index in [1.54, 1.807) is 18.5 Å². The zero-order chi connectivity index (χ0) is 19.5. The van der Waals surface area contributed by atoms with Crippen LogP contribution in [0.5, 0.6) is 0 Å². The molecule has 2 aromatic heterocycles. The molecule has 0 bridgehead atoms. The SMILES string of the molecule is CC1CCC(c2nc(Nc3cccc(F)c3)cc(-c3cccnc3)n2)CN1C. The number of benzene rings is 1. The van der Waals surface area contributed by atoms with E-state index < -0.39 is 0 Å². The maximum atomic E-state index is 13.6. The summed E-state index contributed by atoms with van der Waals surface area (Å²) in [4.78, 5) is 16.2. The van der Waals surface area contributed by atoms with E-state index in [-0.39, 0.29) is 11.7 Å². The lowest BCUT2D eigenvalue weighted by Crippen LogP contribution is -2.38. The van der Waals surface area contributed by atoms with Crippen molar-refractivity contribution in [3.8, 4) is 11.3 Å². The number of likely N-dealkylation sites (N-methyl/N-ethyl adjacent to an activating group) is 1. The molecule has 1 N–H and O–H groups in total. The Hall–Kier alpha value is -2.86. The fraction of sp³-hybridized carbons (Fsp3) is 0.318. The van der Waals surface area contributed by atoms with Crippen LogP contribution in [0.3, 0.4) is 0 Å². The topological polar surface area (TPSA) is 53.9 Å². The summed E-state index contributed by atoms with van der Waals surface area (Å²) in [5, 5.41) is 3.23. The summed E-state index contributed by atoms with van der Waals surface area (Å²) in [5.74, 6) is 1.47. The largest absolute Gasteiger partial charge is 0.340 e. The highest BCUT2D eigenvalue weighted by atomic mass is 19.1. The third-order valence-corrected chi connectivity index (χ3v) is 5.36. The lowest BCUT2D eigenvalue weighted by molar-refractivity contribution is 0.177. The molecule has 0 radical (unpaired) electrons. The Kier molecular flexibility index (Phi) is 5.30. The van der Waals surface area contributed by atoms with Gasteiger partial charge in [0.15, 0.2) is 0 Å². The number of anilines is 2. The summed E-state index contributed by atoms with van der Waals surface area (Å²) in [6.45, 7) is 3.18. The van der Waals surface area contributed by atoms with Gasteiger partial charge in [0, 0.05) is 48.2 Å². The van der Waals surface area contributed by atoms with E-state index in [1.807, 2.05) is 24.3 Å². The van der Waals surface area contributed by atoms with Gasteiger partial charge in [-0.2, -0.15) is 0 Å². The number of halogens is 1. The highest BCUT2D eigenvalue weighted by Crippen LogP contribution is 2.30. The third-order valence-electron chi connectivity index (χ3n) is 5.36. The molecule has 0 spiro atoms. The number of nitrogens with zero attached hydrogens (tertiary/aromatic N) is 4. The van der Waals surface area contributed by atoms with Gasteiger partial charge in [0.1, 0.15) is 17.5 Å². The lowest BCUT2D eigenvalue weighted by Gasteiger charge is -2.34. The Balaban J connectivity index is 1.71. The van der Waals surface area contributed by atoms with Crippen LogP contribution < -0.4 is 5.32 Å². The number of hydrogen-bond acceptors (Lipinski definition) is 5. The van der Waals surface area contributed by atoms with Crippen LogP contribution in [-0.4, -0.2) is 39.5 Å². The summed E-state index contributed by atoms with van der Waals surface area (Å²) >= 11 is 0.